The standard InChI is InChI=1S/C19H19N5O5/c1-11(26)19(28)7-14(29-13(19)8-25)24-10-22-15-16(20-9-21-17(15)24)23-18(27)12-5-3-2-4-6-12/h2-6,9-10,13-14,25,28H,7-8H2,1H3,(H,20,21,23,27)/t13-,14-,19-/m1/s1. The fraction of sp³-hybridized carbons (Fsp3) is 0.316. The molecule has 150 valence electrons. The lowest BCUT2D eigenvalue weighted by atomic mass is 9.91. The molecule has 1 fully saturated rings. The van der Waals surface area contributed by atoms with Crippen LogP contribution in [0, 0.1) is 0 Å². The van der Waals surface area contributed by atoms with E-state index in [1.54, 1.807) is 28.8 Å². The number of anilines is 1. The van der Waals surface area contributed by atoms with Gasteiger partial charge in [0.1, 0.15) is 18.7 Å². The molecule has 4 rings (SSSR count). The molecule has 0 spiro atoms. The van der Waals surface area contributed by atoms with Gasteiger partial charge in [-0.15, -0.1) is 0 Å². The molecule has 1 saturated heterocycles. The molecule has 3 N–H and O–H groups in total. The van der Waals surface area contributed by atoms with Crippen LogP contribution in [0.25, 0.3) is 11.2 Å². The van der Waals surface area contributed by atoms with Gasteiger partial charge in [0.05, 0.1) is 12.9 Å². The van der Waals surface area contributed by atoms with Crippen molar-refractivity contribution >= 4 is 28.7 Å². The van der Waals surface area contributed by atoms with Crippen LogP contribution in [0.4, 0.5) is 5.82 Å². The van der Waals surface area contributed by atoms with E-state index in [0.29, 0.717) is 16.7 Å². The number of fused-ring (bicyclic) bond motifs is 1. The fourth-order valence-corrected chi connectivity index (χ4v) is 3.40. The van der Waals surface area contributed by atoms with Crippen molar-refractivity contribution in [2.45, 2.75) is 31.3 Å². The van der Waals surface area contributed by atoms with E-state index < -0.39 is 30.3 Å². The number of nitrogens with one attached hydrogen (secondary N) is 1. The molecule has 10 nitrogen and oxygen atoms in total. The van der Waals surface area contributed by atoms with E-state index in [9.17, 15) is 19.8 Å². The maximum atomic E-state index is 12.4. The highest BCUT2D eigenvalue weighted by atomic mass is 16.5. The topological polar surface area (TPSA) is 139 Å². The minimum absolute atomic E-state index is 0.0608. The minimum atomic E-state index is -1.80. The van der Waals surface area contributed by atoms with E-state index in [2.05, 4.69) is 20.3 Å². The predicted molar refractivity (Wildman–Crippen MR) is 101 cm³/mol. The Morgan fingerprint density at radius 1 is 1.28 bits per heavy atom. The normalized spacial score (nSPS) is 24.0. The molecule has 3 atom stereocenters. The fourth-order valence-electron chi connectivity index (χ4n) is 3.40. The number of aromatic nitrogens is 4. The van der Waals surface area contributed by atoms with Crippen LogP contribution in [0.1, 0.15) is 29.9 Å². The lowest BCUT2D eigenvalue weighted by molar-refractivity contribution is -0.144. The van der Waals surface area contributed by atoms with Gasteiger partial charge < -0.3 is 20.3 Å². The second-order valence-electron chi connectivity index (χ2n) is 6.81. The van der Waals surface area contributed by atoms with Crippen LogP contribution in [-0.4, -0.2) is 59.7 Å². The van der Waals surface area contributed by atoms with Gasteiger partial charge in [0.25, 0.3) is 5.91 Å². The van der Waals surface area contributed by atoms with Gasteiger partial charge in [-0.1, -0.05) is 18.2 Å². The first-order valence-electron chi connectivity index (χ1n) is 8.97. The van der Waals surface area contributed by atoms with Crippen LogP contribution in [0.5, 0.6) is 0 Å². The summed E-state index contributed by atoms with van der Waals surface area (Å²) in [6, 6.07) is 8.67. The van der Waals surface area contributed by atoms with Crippen molar-refractivity contribution in [3.63, 3.8) is 0 Å². The molecule has 0 radical (unpaired) electrons. The van der Waals surface area contributed by atoms with Crippen LogP contribution in [0.15, 0.2) is 43.0 Å². The summed E-state index contributed by atoms with van der Waals surface area (Å²) in [6.45, 7) is 0.742. The zero-order valence-corrected chi connectivity index (χ0v) is 15.5. The third kappa shape index (κ3) is 3.27. The summed E-state index contributed by atoms with van der Waals surface area (Å²) in [5, 5.41) is 22.8. The van der Waals surface area contributed by atoms with Crippen LogP contribution in [-0.2, 0) is 9.53 Å². The Hall–Kier alpha value is -3.21. The van der Waals surface area contributed by atoms with Gasteiger partial charge in [-0.3, -0.25) is 14.2 Å². The summed E-state index contributed by atoms with van der Waals surface area (Å²) in [7, 11) is 0. The number of Topliss-reactive ketones (excluding diaryl/α,β-unsaturated/α-hetero) is 1. The summed E-state index contributed by atoms with van der Waals surface area (Å²) < 4.78 is 7.23. The van der Waals surface area contributed by atoms with Crippen molar-refractivity contribution in [1.29, 1.82) is 0 Å². The number of aliphatic hydroxyl groups excluding tert-OH is 1. The number of imidazole rings is 1. The van der Waals surface area contributed by atoms with Gasteiger partial charge in [0.15, 0.2) is 28.4 Å². The van der Waals surface area contributed by atoms with Crippen molar-refractivity contribution in [3.05, 3.63) is 48.5 Å². The number of aliphatic hydroxyl groups is 2. The first-order chi connectivity index (χ1) is 13.9. The summed E-state index contributed by atoms with van der Waals surface area (Å²) in [5.41, 5.74) is -0.639. The molecule has 1 aliphatic heterocycles. The van der Waals surface area contributed by atoms with Crippen molar-refractivity contribution in [1.82, 2.24) is 19.5 Å². The van der Waals surface area contributed by atoms with Gasteiger partial charge in [-0.25, -0.2) is 15.0 Å². The maximum Gasteiger partial charge on any atom is 0.256 e. The Balaban J connectivity index is 1.65. The van der Waals surface area contributed by atoms with E-state index in [0.717, 1.165) is 0 Å². The number of carbonyl (C=O) groups is 2. The van der Waals surface area contributed by atoms with Gasteiger partial charge in [0, 0.05) is 12.0 Å². The summed E-state index contributed by atoms with van der Waals surface area (Å²) in [6.07, 6.45) is 0.828. The molecule has 0 saturated carbocycles. The summed E-state index contributed by atoms with van der Waals surface area (Å²) in [4.78, 5) is 36.9. The highest BCUT2D eigenvalue weighted by molar-refractivity contribution is 6.06. The number of carbonyl (C=O) groups excluding carboxylic acids is 2. The van der Waals surface area contributed by atoms with Crippen molar-refractivity contribution in [2.24, 2.45) is 0 Å². The van der Waals surface area contributed by atoms with E-state index in [1.807, 2.05) is 6.07 Å². The maximum absolute atomic E-state index is 12.4. The molecule has 1 aliphatic rings. The molecule has 10 heteroatoms. The summed E-state index contributed by atoms with van der Waals surface area (Å²) >= 11 is 0. The number of hydrogen-bond donors (Lipinski definition) is 3. The monoisotopic (exact) mass is 397 g/mol. The number of amides is 1. The zero-order chi connectivity index (χ0) is 20.6. The Bertz CT molecular complexity index is 1070. The quantitative estimate of drug-likeness (QED) is 0.571. The lowest BCUT2D eigenvalue weighted by Gasteiger charge is -2.23. The molecule has 1 amide bonds. The minimum Gasteiger partial charge on any atom is -0.394 e. The number of ketones is 1. The van der Waals surface area contributed by atoms with E-state index in [1.165, 1.54) is 19.6 Å². The number of nitrogens with zero attached hydrogens (tertiary/aromatic N) is 4. The number of hydrogen-bond acceptors (Lipinski definition) is 8. The highest BCUT2D eigenvalue weighted by Crippen LogP contribution is 2.38. The molecule has 0 aliphatic carbocycles. The van der Waals surface area contributed by atoms with Crippen molar-refractivity contribution in [3.8, 4) is 0 Å². The van der Waals surface area contributed by atoms with Crippen LogP contribution >= 0.6 is 0 Å². The number of benzene rings is 1. The van der Waals surface area contributed by atoms with E-state index >= 15 is 0 Å². The largest absolute Gasteiger partial charge is 0.394 e. The second-order valence-corrected chi connectivity index (χ2v) is 6.81. The molecule has 2 aromatic heterocycles. The van der Waals surface area contributed by atoms with E-state index in [-0.39, 0.29) is 18.1 Å². The lowest BCUT2D eigenvalue weighted by Crippen LogP contribution is -2.46. The Morgan fingerprint density at radius 2 is 2.03 bits per heavy atom. The molecular weight excluding hydrogens is 378 g/mol. The van der Waals surface area contributed by atoms with Crippen LogP contribution in [0.3, 0.4) is 0 Å². The molecule has 3 aromatic rings. The van der Waals surface area contributed by atoms with Gasteiger partial charge in [-0.2, -0.15) is 0 Å². The van der Waals surface area contributed by atoms with Crippen LogP contribution < -0.4 is 5.32 Å². The molecule has 0 bridgehead atoms. The van der Waals surface area contributed by atoms with Crippen molar-refractivity contribution < 1.29 is 24.5 Å². The summed E-state index contributed by atoms with van der Waals surface area (Å²) in [5.74, 6) is -0.612. The molecular formula is C19H19N5O5. The average molecular weight is 397 g/mol. The first-order valence-corrected chi connectivity index (χ1v) is 8.97. The van der Waals surface area contributed by atoms with Crippen molar-refractivity contribution in [2.75, 3.05) is 11.9 Å². The molecule has 29 heavy (non-hydrogen) atoms. The number of rotatable bonds is 5. The third-order valence-electron chi connectivity index (χ3n) is 5.05. The average Bonchev–Trinajstić information content (AvgIpc) is 3.31. The van der Waals surface area contributed by atoms with Gasteiger partial charge in [0.2, 0.25) is 0 Å². The first kappa shape index (κ1) is 19.1. The Morgan fingerprint density at radius 3 is 2.69 bits per heavy atom. The molecule has 1 aromatic carbocycles. The molecule has 3 heterocycles. The Labute approximate surface area is 165 Å². The SMILES string of the molecule is CC(=O)[C@]1(O)C[C@H](n2cnc3c(NC(=O)c4ccccc4)ncnc32)O[C@@H]1CO. The second kappa shape index (κ2) is 7.32. The number of ether oxygens (including phenoxy) is 1. The smallest absolute Gasteiger partial charge is 0.256 e. The van der Waals surface area contributed by atoms with Crippen LogP contribution in [0.2, 0.25) is 0 Å². The van der Waals surface area contributed by atoms with Gasteiger partial charge in [-0.05, 0) is 19.1 Å². The zero-order valence-electron chi connectivity index (χ0n) is 15.5. The third-order valence-corrected chi connectivity index (χ3v) is 5.05. The highest BCUT2D eigenvalue weighted by Gasteiger charge is 2.51. The van der Waals surface area contributed by atoms with E-state index in [4.69, 9.17) is 4.74 Å². The Kier molecular flexibility index (Phi) is 4.82. The molecule has 0 unspecified atom stereocenters. The van der Waals surface area contributed by atoms with Gasteiger partial charge >= 0.3 is 0 Å². The predicted octanol–water partition coefficient (Wildman–Crippen LogP) is 0.678.